The van der Waals surface area contributed by atoms with Crippen molar-refractivity contribution in [3.05, 3.63) is 100.0 Å². The molecule has 2 aromatic carbocycles. The van der Waals surface area contributed by atoms with Crippen LogP contribution in [-0.2, 0) is 6.42 Å². The van der Waals surface area contributed by atoms with E-state index < -0.39 is 0 Å². The maximum absolute atomic E-state index is 12.9. The second-order valence-electron chi connectivity index (χ2n) is 6.79. The number of carbonyl (C=O) groups is 1. The summed E-state index contributed by atoms with van der Waals surface area (Å²) in [6.45, 7) is 2.22. The largest absolute Gasteiger partial charge is 0.455 e. The number of benzene rings is 2. The summed E-state index contributed by atoms with van der Waals surface area (Å²) < 4.78 is 6.11. The fourth-order valence-corrected chi connectivity index (χ4v) is 3.32. The summed E-state index contributed by atoms with van der Waals surface area (Å²) in [4.78, 5) is 29.7. The third-order valence-corrected chi connectivity index (χ3v) is 4.87. The standard InChI is InChI=1S/C24H20N2O3/c1-16-21(27)19-8-5-9-20(23(19)29-22(16)18-6-3-2-4-7-18)24(28)26-15-12-17-10-13-25-14-11-17/h2-11,13-14H,12,15H2,1H3,(H,26,28). The van der Waals surface area contributed by atoms with E-state index in [1.54, 1.807) is 37.5 Å². The van der Waals surface area contributed by atoms with Crippen molar-refractivity contribution < 1.29 is 9.21 Å². The van der Waals surface area contributed by atoms with Gasteiger partial charge in [0.2, 0.25) is 0 Å². The van der Waals surface area contributed by atoms with Crippen LogP contribution in [0.3, 0.4) is 0 Å². The highest BCUT2D eigenvalue weighted by Crippen LogP contribution is 2.27. The topological polar surface area (TPSA) is 72.2 Å². The lowest BCUT2D eigenvalue weighted by Crippen LogP contribution is -2.26. The van der Waals surface area contributed by atoms with E-state index in [0.717, 1.165) is 11.1 Å². The molecule has 1 N–H and O–H groups in total. The highest BCUT2D eigenvalue weighted by Gasteiger charge is 2.18. The Balaban J connectivity index is 1.68. The van der Waals surface area contributed by atoms with Gasteiger partial charge >= 0.3 is 0 Å². The number of hydrogen-bond acceptors (Lipinski definition) is 4. The van der Waals surface area contributed by atoms with Crippen LogP contribution in [0.4, 0.5) is 0 Å². The quantitative estimate of drug-likeness (QED) is 0.561. The molecular weight excluding hydrogens is 364 g/mol. The summed E-state index contributed by atoms with van der Waals surface area (Å²) in [5, 5.41) is 3.32. The molecule has 1 amide bonds. The Morgan fingerprint density at radius 1 is 1.00 bits per heavy atom. The van der Waals surface area contributed by atoms with Gasteiger partial charge in [-0.15, -0.1) is 0 Å². The number of aromatic nitrogens is 1. The van der Waals surface area contributed by atoms with E-state index in [0.29, 0.717) is 40.8 Å². The highest BCUT2D eigenvalue weighted by molar-refractivity contribution is 6.05. The Kier molecular flexibility index (Phi) is 5.20. The zero-order valence-corrected chi connectivity index (χ0v) is 16.0. The summed E-state index contributed by atoms with van der Waals surface area (Å²) in [6, 6.07) is 18.3. The van der Waals surface area contributed by atoms with Gasteiger partial charge in [0.25, 0.3) is 5.91 Å². The molecule has 0 unspecified atom stereocenters. The summed E-state index contributed by atoms with van der Waals surface area (Å²) in [7, 11) is 0. The number of amides is 1. The molecule has 0 radical (unpaired) electrons. The molecule has 2 heterocycles. The first-order chi connectivity index (χ1) is 14.1. The summed E-state index contributed by atoms with van der Waals surface area (Å²) in [5.41, 5.74) is 2.95. The number of fused-ring (bicyclic) bond motifs is 1. The van der Waals surface area contributed by atoms with Gasteiger partial charge in [-0.3, -0.25) is 14.6 Å². The number of para-hydroxylation sites is 1. The smallest absolute Gasteiger partial charge is 0.255 e. The number of nitrogens with one attached hydrogen (secondary N) is 1. The van der Waals surface area contributed by atoms with Crippen LogP contribution in [0, 0.1) is 6.92 Å². The SMILES string of the molecule is Cc1c(-c2ccccc2)oc2c(C(=O)NCCc3ccncc3)cccc2c1=O. The average molecular weight is 384 g/mol. The maximum Gasteiger partial charge on any atom is 0.255 e. The van der Waals surface area contributed by atoms with E-state index in [1.807, 2.05) is 42.5 Å². The number of rotatable bonds is 5. The van der Waals surface area contributed by atoms with Crippen molar-refractivity contribution in [1.82, 2.24) is 10.3 Å². The fourth-order valence-electron chi connectivity index (χ4n) is 3.32. The second kappa shape index (κ2) is 8.10. The molecule has 144 valence electrons. The molecule has 0 spiro atoms. The van der Waals surface area contributed by atoms with E-state index in [2.05, 4.69) is 10.3 Å². The van der Waals surface area contributed by atoms with Crippen LogP contribution < -0.4 is 10.7 Å². The zero-order valence-electron chi connectivity index (χ0n) is 16.0. The maximum atomic E-state index is 12.9. The van der Waals surface area contributed by atoms with E-state index >= 15 is 0 Å². The predicted molar refractivity (Wildman–Crippen MR) is 113 cm³/mol. The highest BCUT2D eigenvalue weighted by atomic mass is 16.3. The number of pyridine rings is 1. The third-order valence-electron chi connectivity index (χ3n) is 4.87. The molecular formula is C24H20N2O3. The van der Waals surface area contributed by atoms with Crippen LogP contribution in [0.1, 0.15) is 21.5 Å². The molecule has 0 fully saturated rings. The lowest BCUT2D eigenvalue weighted by Gasteiger charge is -2.11. The molecule has 29 heavy (non-hydrogen) atoms. The molecule has 0 aliphatic heterocycles. The van der Waals surface area contributed by atoms with Gasteiger partial charge in [-0.05, 0) is 43.2 Å². The third kappa shape index (κ3) is 3.80. The molecule has 0 aliphatic carbocycles. The Labute approximate surface area is 168 Å². The average Bonchev–Trinajstić information content (AvgIpc) is 2.77. The summed E-state index contributed by atoms with van der Waals surface area (Å²) in [6.07, 6.45) is 4.14. The summed E-state index contributed by atoms with van der Waals surface area (Å²) in [5.74, 6) is 0.218. The van der Waals surface area contributed by atoms with Gasteiger partial charge in [-0.25, -0.2) is 0 Å². The minimum atomic E-state index is -0.268. The Morgan fingerprint density at radius 3 is 2.52 bits per heavy atom. The molecule has 5 heteroatoms. The number of nitrogens with zero attached hydrogens (tertiary/aromatic N) is 1. The predicted octanol–water partition coefficient (Wildman–Crippen LogP) is 4.14. The molecule has 0 saturated carbocycles. The van der Waals surface area contributed by atoms with Crippen molar-refractivity contribution >= 4 is 16.9 Å². The summed E-state index contributed by atoms with van der Waals surface area (Å²) >= 11 is 0. The van der Waals surface area contributed by atoms with Crippen molar-refractivity contribution in [2.24, 2.45) is 0 Å². The van der Waals surface area contributed by atoms with E-state index in [4.69, 9.17) is 4.42 Å². The number of carbonyl (C=O) groups excluding carboxylic acids is 1. The Hall–Kier alpha value is -3.73. The zero-order chi connectivity index (χ0) is 20.2. The van der Waals surface area contributed by atoms with Gasteiger partial charge in [0.05, 0.1) is 10.9 Å². The Bertz CT molecular complexity index is 1220. The van der Waals surface area contributed by atoms with E-state index in [1.165, 1.54) is 0 Å². The molecule has 0 aliphatic rings. The van der Waals surface area contributed by atoms with Crippen LogP contribution >= 0.6 is 0 Å². The molecule has 0 saturated heterocycles. The van der Waals surface area contributed by atoms with E-state index in [-0.39, 0.29) is 11.3 Å². The van der Waals surface area contributed by atoms with Crippen molar-refractivity contribution in [3.8, 4) is 11.3 Å². The lowest BCUT2D eigenvalue weighted by atomic mass is 10.0. The van der Waals surface area contributed by atoms with Crippen LogP contribution in [0.15, 0.2) is 82.3 Å². The van der Waals surface area contributed by atoms with Crippen molar-refractivity contribution in [3.63, 3.8) is 0 Å². The molecule has 5 nitrogen and oxygen atoms in total. The van der Waals surface area contributed by atoms with E-state index in [9.17, 15) is 9.59 Å². The first-order valence-corrected chi connectivity index (χ1v) is 9.44. The minimum absolute atomic E-state index is 0.128. The van der Waals surface area contributed by atoms with Crippen molar-refractivity contribution in [2.75, 3.05) is 6.54 Å². The first kappa shape index (κ1) is 18.6. The lowest BCUT2D eigenvalue weighted by molar-refractivity contribution is 0.0955. The van der Waals surface area contributed by atoms with Crippen molar-refractivity contribution in [1.29, 1.82) is 0 Å². The van der Waals surface area contributed by atoms with Gasteiger partial charge in [0.1, 0.15) is 5.76 Å². The van der Waals surface area contributed by atoms with Gasteiger partial charge < -0.3 is 9.73 Å². The van der Waals surface area contributed by atoms with Crippen molar-refractivity contribution in [2.45, 2.75) is 13.3 Å². The van der Waals surface area contributed by atoms with Crippen LogP contribution in [0.2, 0.25) is 0 Å². The Morgan fingerprint density at radius 2 is 1.76 bits per heavy atom. The first-order valence-electron chi connectivity index (χ1n) is 9.44. The normalized spacial score (nSPS) is 10.8. The van der Waals surface area contributed by atoms with Gasteiger partial charge in [-0.2, -0.15) is 0 Å². The molecule has 4 rings (SSSR count). The fraction of sp³-hybridized carbons (Fsp3) is 0.125. The van der Waals surface area contributed by atoms with Crippen LogP contribution in [-0.4, -0.2) is 17.4 Å². The second-order valence-corrected chi connectivity index (χ2v) is 6.79. The molecule has 0 bridgehead atoms. The molecule has 0 atom stereocenters. The van der Waals surface area contributed by atoms with Gasteiger partial charge in [0, 0.05) is 30.1 Å². The van der Waals surface area contributed by atoms with Gasteiger partial charge in [-0.1, -0.05) is 36.4 Å². The minimum Gasteiger partial charge on any atom is -0.455 e. The monoisotopic (exact) mass is 384 g/mol. The van der Waals surface area contributed by atoms with Crippen LogP contribution in [0.25, 0.3) is 22.3 Å². The van der Waals surface area contributed by atoms with Crippen LogP contribution in [0.5, 0.6) is 0 Å². The molecule has 4 aromatic rings. The molecule has 2 aromatic heterocycles. The number of hydrogen-bond donors (Lipinski definition) is 1. The van der Waals surface area contributed by atoms with Gasteiger partial charge in [0.15, 0.2) is 11.0 Å².